The van der Waals surface area contributed by atoms with Crippen LogP contribution in [0.4, 0.5) is 4.79 Å². The van der Waals surface area contributed by atoms with Crippen molar-refractivity contribution in [1.82, 2.24) is 5.01 Å². The Morgan fingerprint density at radius 2 is 2.80 bits per heavy atom. The Kier molecular flexibility index (Phi) is 2.56. The molecular formula is C5H8N2O2S. The molecule has 1 aliphatic rings. The molecule has 1 heterocycles. The van der Waals surface area contributed by atoms with Crippen LogP contribution >= 0.6 is 11.8 Å². The quantitative estimate of drug-likeness (QED) is 0.576. The highest BCUT2D eigenvalue weighted by molar-refractivity contribution is 8.12. The third-order valence-electron chi connectivity index (χ3n) is 0.936. The normalized spacial score (nSPS) is 15.9. The highest BCUT2D eigenvalue weighted by Crippen LogP contribution is 2.10. The van der Waals surface area contributed by atoms with Crippen LogP contribution < -0.4 is 0 Å². The van der Waals surface area contributed by atoms with Gasteiger partial charge in [0.1, 0.15) is 0 Å². The Balaban J connectivity index is 2.33. The molecule has 0 unspecified atom stereocenters. The molecule has 4 nitrogen and oxygen atoms in total. The topological polar surface area (TPSA) is 41.9 Å². The Labute approximate surface area is 63.2 Å². The van der Waals surface area contributed by atoms with Gasteiger partial charge >= 0.3 is 6.09 Å². The highest BCUT2D eigenvalue weighted by Gasteiger charge is 2.15. The molecule has 0 fully saturated rings. The van der Waals surface area contributed by atoms with Crippen LogP contribution in [-0.4, -0.2) is 29.1 Å². The van der Waals surface area contributed by atoms with Gasteiger partial charge < -0.3 is 4.74 Å². The molecule has 10 heavy (non-hydrogen) atoms. The molecule has 1 aliphatic heterocycles. The molecule has 5 heteroatoms. The van der Waals surface area contributed by atoms with E-state index in [4.69, 9.17) is 0 Å². The molecule has 0 saturated heterocycles. The van der Waals surface area contributed by atoms with Crippen LogP contribution in [0.2, 0.25) is 0 Å². The van der Waals surface area contributed by atoms with Gasteiger partial charge in [-0.05, 0) is 6.92 Å². The fourth-order valence-electron chi connectivity index (χ4n) is 0.525. The lowest BCUT2D eigenvalue weighted by atomic mass is 10.8. The lowest BCUT2D eigenvalue weighted by molar-refractivity contribution is 0.116. The van der Waals surface area contributed by atoms with E-state index in [1.807, 2.05) is 0 Å². The molecule has 0 saturated carbocycles. The predicted molar refractivity (Wildman–Crippen MR) is 39.8 cm³/mol. The molecule has 1 amide bonds. The van der Waals surface area contributed by atoms with Crippen molar-refractivity contribution in [3.63, 3.8) is 0 Å². The summed E-state index contributed by atoms with van der Waals surface area (Å²) in [4.78, 5) is 10.8. The van der Waals surface area contributed by atoms with Crippen molar-refractivity contribution in [1.29, 1.82) is 0 Å². The average molecular weight is 160 g/mol. The van der Waals surface area contributed by atoms with E-state index >= 15 is 0 Å². The summed E-state index contributed by atoms with van der Waals surface area (Å²) in [6.07, 6.45) is -0.372. The van der Waals surface area contributed by atoms with Gasteiger partial charge in [0, 0.05) is 0 Å². The summed E-state index contributed by atoms with van der Waals surface area (Å²) < 4.78 is 4.69. The van der Waals surface area contributed by atoms with Crippen LogP contribution in [0.1, 0.15) is 6.92 Å². The van der Waals surface area contributed by atoms with Gasteiger partial charge in [0.15, 0.2) is 0 Å². The van der Waals surface area contributed by atoms with Crippen molar-refractivity contribution in [2.45, 2.75) is 6.92 Å². The second-order valence-electron chi connectivity index (χ2n) is 1.62. The number of thioether (sulfide) groups is 1. The smallest absolute Gasteiger partial charge is 0.431 e. The van der Waals surface area contributed by atoms with Crippen molar-refractivity contribution in [2.75, 3.05) is 12.5 Å². The predicted octanol–water partition coefficient (Wildman–Crippen LogP) is 1.09. The second-order valence-corrected chi connectivity index (χ2v) is 2.42. The molecular weight excluding hydrogens is 152 g/mol. The number of carbonyl (C=O) groups is 1. The van der Waals surface area contributed by atoms with Gasteiger partial charge in [0.2, 0.25) is 0 Å². The maximum absolute atomic E-state index is 10.8. The molecule has 0 bridgehead atoms. The van der Waals surface area contributed by atoms with Gasteiger partial charge in [-0.3, -0.25) is 0 Å². The summed E-state index contributed by atoms with van der Waals surface area (Å²) in [5.74, 6) is 0.568. The number of hydrogen-bond acceptors (Lipinski definition) is 4. The van der Waals surface area contributed by atoms with E-state index in [1.54, 1.807) is 12.5 Å². The lowest BCUT2D eigenvalue weighted by Gasteiger charge is -2.08. The van der Waals surface area contributed by atoms with E-state index in [0.29, 0.717) is 12.5 Å². The van der Waals surface area contributed by atoms with E-state index in [-0.39, 0.29) is 6.09 Å². The van der Waals surface area contributed by atoms with Crippen LogP contribution in [-0.2, 0) is 4.74 Å². The van der Waals surface area contributed by atoms with Gasteiger partial charge in [-0.25, -0.2) is 4.79 Å². The van der Waals surface area contributed by atoms with Gasteiger partial charge in [0.25, 0.3) is 0 Å². The van der Waals surface area contributed by atoms with E-state index in [2.05, 4.69) is 9.84 Å². The number of hydrazone groups is 1. The Morgan fingerprint density at radius 3 is 3.30 bits per heavy atom. The first-order valence-corrected chi connectivity index (χ1v) is 3.98. The zero-order chi connectivity index (χ0) is 7.40. The fraction of sp³-hybridized carbons (Fsp3) is 0.600. The number of amides is 1. The Bertz CT molecular complexity index is 160. The third kappa shape index (κ3) is 1.63. The number of nitrogens with zero attached hydrogens (tertiary/aromatic N) is 2. The monoisotopic (exact) mass is 160 g/mol. The number of carbonyl (C=O) groups excluding carboxylic acids is 1. The molecule has 0 aromatic rings. The van der Waals surface area contributed by atoms with E-state index in [1.165, 1.54) is 16.8 Å². The van der Waals surface area contributed by atoms with Crippen molar-refractivity contribution < 1.29 is 9.53 Å². The van der Waals surface area contributed by atoms with E-state index in [0.717, 1.165) is 0 Å². The molecule has 0 spiro atoms. The van der Waals surface area contributed by atoms with Crippen LogP contribution in [0.3, 0.4) is 0 Å². The summed E-state index contributed by atoms with van der Waals surface area (Å²) in [6.45, 7) is 2.17. The van der Waals surface area contributed by atoms with Gasteiger partial charge in [0.05, 0.1) is 18.0 Å². The molecule has 1 rings (SSSR count). The van der Waals surface area contributed by atoms with Crippen LogP contribution in [0.5, 0.6) is 0 Å². The van der Waals surface area contributed by atoms with Crippen molar-refractivity contribution in [3.05, 3.63) is 0 Å². The fourth-order valence-corrected chi connectivity index (χ4v) is 1.09. The Morgan fingerprint density at radius 1 is 2.00 bits per heavy atom. The molecule has 56 valence electrons. The maximum Gasteiger partial charge on any atom is 0.431 e. The molecule has 0 aromatic heterocycles. The first-order valence-electron chi connectivity index (χ1n) is 2.93. The zero-order valence-electron chi connectivity index (χ0n) is 5.61. The molecule has 0 radical (unpaired) electrons. The number of rotatable bonds is 1. The molecule has 0 atom stereocenters. The standard InChI is InChI=1S/C5H8N2O2S/c1-2-9-5(8)7-4-10-3-6-7/h3H,2,4H2,1H3. The second kappa shape index (κ2) is 3.46. The minimum Gasteiger partial charge on any atom is -0.448 e. The zero-order valence-corrected chi connectivity index (χ0v) is 6.43. The molecule has 0 aromatic carbocycles. The summed E-state index contributed by atoms with van der Waals surface area (Å²) >= 11 is 1.47. The average Bonchev–Trinajstić information content (AvgIpc) is 2.38. The van der Waals surface area contributed by atoms with Crippen LogP contribution in [0.25, 0.3) is 0 Å². The van der Waals surface area contributed by atoms with Crippen molar-refractivity contribution >= 4 is 23.4 Å². The highest BCUT2D eigenvalue weighted by atomic mass is 32.2. The summed E-state index contributed by atoms with van der Waals surface area (Å²) in [5, 5.41) is 5.04. The van der Waals surface area contributed by atoms with E-state index < -0.39 is 0 Å². The van der Waals surface area contributed by atoms with Crippen molar-refractivity contribution in [3.8, 4) is 0 Å². The minimum atomic E-state index is -0.372. The lowest BCUT2D eigenvalue weighted by Crippen LogP contribution is -2.23. The van der Waals surface area contributed by atoms with E-state index in [9.17, 15) is 4.79 Å². The number of hydrogen-bond donors (Lipinski definition) is 0. The third-order valence-corrected chi connectivity index (χ3v) is 1.57. The summed E-state index contributed by atoms with van der Waals surface area (Å²) in [7, 11) is 0. The largest absolute Gasteiger partial charge is 0.448 e. The minimum absolute atomic E-state index is 0.372. The number of ether oxygens (including phenoxy) is 1. The first-order chi connectivity index (χ1) is 4.84. The maximum atomic E-state index is 10.8. The van der Waals surface area contributed by atoms with Gasteiger partial charge in [-0.2, -0.15) is 10.1 Å². The molecule has 0 aliphatic carbocycles. The van der Waals surface area contributed by atoms with Crippen molar-refractivity contribution in [2.24, 2.45) is 5.10 Å². The van der Waals surface area contributed by atoms with Crippen LogP contribution in [0.15, 0.2) is 5.10 Å². The van der Waals surface area contributed by atoms with Gasteiger partial charge in [-0.1, -0.05) is 11.8 Å². The van der Waals surface area contributed by atoms with Crippen LogP contribution in [0, 0.1) is 0 Å². The Hall–Kier alpha value is -0.710. The first kappa shape index (κ1) is 7.40. The summed E-state index contributed by atoms with van der Waals surface area (Å²) in [6, 6.07) is 0. The summed E-state index contributed by atoms with van der Waals surface area (Å²) in [5.41, 5.74) is 1.62. The molecule has 0 N–H and O–H groups in total. The van der Waals surface area contributed by atoms with Gasteiger partial charge in [-0.15, -0.1) is 0 Å². The SMILES string of the molecule is CCOC(=O)N1CSC=N1.